The summed E-state index contributed by atoms with van der Waals surface area (Å²) < 4.78 is 40.5. The minimum atomic E-state index is -4.04. The Kier molecular flexibility index (Phi) is 8.60. The molecule has 0 aromatic rings. The lowest BCUT2D eigenvalue weighted by atomic mass is 10.3. The first-order valence-corrected chi connectivity index (χ1v) is 5.42. The summed E-state index contributed by atoms with van der Waals surface area (Å²) in [7, 11) is 3.91. The van der Waals surface area contributed by atoms with Crippen molar-refractivity contribution in [3.05, 3.63) is 0 Å². The highest BCUT2D eigenvalue weighted by atomic mass is 19.4. The number of nitrogens with one attached hydrogen (secondary N) is 1. The van der Waals surface area contributed by atoms with Gasteiger partial charge >= 0.3 is 6.18 Å². The maximum Gasteiger partial charge on any atom is 0.389 e. The molecular formula is C10H21F3N2O. The van der Waals surface area contributed by atoms with E-state index in [1.807, 2.05) is 19.0 Å². The van der Waals surface area contributed by atoms with Gasteiger partial charge in [0.15, 0.2) is 0 Å². The molecule has 16 heavy (non-hydrogen) atoms. The van der Waals surface area contributed by atoms with Gasteiger partial charge in [0.1, 0.15) is 0 Å². The van der Waals surface area contributed by atoms with E-state index in [1.54, 1.807) is 0 Å². The van der Waals surface area contributed by atoms with Gasteiger partial charge in [-0.25, -0.2) is 0 Å². The molecule has 0 unspecified atom stereocenters. The number of ether oxygens (including phenoxy) is 1. The number of likely N-dealkylation sites (N-methyl/N-ethyl adjacent to an activating group) is 1. The predicted molar refractivity (Wildman–Crippen MR) is 57.5 cm³/mol. The van der Waals surface area contributed by atoms with Crippen molar-refractivity contribution in [3.63, 3.8) is 0 Å². The van der Waals surface area contributed by atoms with Gasteiger partial charge < -0.3 is 15.0 Å². The first-order valence-electron chi connectivity index (χ1n) is 5.42. The molecule has 0 spiro atoms. The van der Waals surface area contributed by atoms with Gasteiger partial charge in [0.2, 0.25) is 0 Å². The molecule has 0 bridgehead atoms. The Hall–Kier alpha value is -0.330. The van der Waals surface area contributed by atoms with Crippen LogP contribution in [0.5, 0.6) is 0 Å². The number of hydrogen-bond donors (Lipinski definition) is 1. The highest BCUT2D eigenvalue weighted by molar-refractivity contribution is 4.53. The molecule has 0 aliphatic carbocycles. The molecule has 0 saturated carbocycles. The number of alkyl halides is 3. The number of rotatable bonds is 9. The van der Waals surface area contributed by atoms with E-state index < -0.39 is 12.6 Å². The van der Waals surface area contributed by atoms with Gasteiger partial charge in [0, 0.05) is 19.5 Å². The molecule has 6 heteroatoms. The molecule has 1 N–H and O–H groups in total. The quantitative estimate of drug-likeness (QED) is 0.620. The molecule has 0 saturated heterocycles. The van der Waals surface area contributed by atoms with Crippen molar-refractivity contribution in [2.45, 2.75) is 19.0 Å². The second-order valence-corrected chi connectivity index (χ2v) is 3.88. The van der Waals surface area contributed by atoms with Crippen molar-refractivity contribution >= 4 is 0 Å². The molecule has 0 atom stereocenters. The third kappa shape index (κ3) is 13.7. The Morgan fingerprint density at radius 3 is 2.38 bits per heavy atom. The zero-order valence-electron chi connectivity index (χ0n) is 9.94. The molecule has 0 aromatic heterocycles. The largest absolute Gasteiger partial charge is 0.389 e. The summed E-state index contributed by atoms with van der Waals surface area (Å²) in [5, 5.41) is 2.91. The Morgan fingerprint density at radius 2 is 1.81 bits per heavy atom. The Bertz CT molecular complexity index is 163. The predicted octanol–water partition coefficient (Wildman–Crippen LogP) is 1.50. The summed E-state index contributed by atoms with van der Waals surface area (Å²) in [6, 6.07) is 0. The van der Waals surface area contributed by atoms with E-state index in [4.69, 9.17) is 4.74 Å². The van der Waals surface area contributed by atoms with E-state index in [0.717, 1.165) is 6.54 Å². The van der Waals surface area contributed by atoms with Crippen molar-refractivity contribution in [1.29, 1.82) is 0 Å². The monoisotopic (exact) mass is 242 g/mol. The highest BCUT2D eigenvalue weighted by Crippen LogP contribution is 2.20. The van der Waals surface area contributed by atoms with Gasteiger partial charge in [-0.3, -0.25) is 0 Å². The smallest absolute Gasteiger partial charge is 0.379 e. The maximum absolute atomic E-state index is 11.7. The minimum Gasteiger partial charge on any atom is -0.379 e. The van der Waals surface area contributed by atoms with E-state index in [2.05, 4.69) is 5.32 Å². The molecular weight excluding hydrogens is 221 g/mol. The van der Waals surface area contributed by atoms with E-state index in [0.29, 0.717) is 26.3 Å². The molecule has 3 nitrogen and oxygen atoms in total. The Morgan fingerprint density at radius 1 is 1.12 bits per heavy atom. The van der Waals surface area contributed by atoms with Crippen LogP contribution in [0.25, 0.3) is 0 Å². The molecule has 0 aliphatic heterocycles. The zero-order chi connectivity index (χ0) is 12.4. The molecule has 0 amide bonds. The van der Waals surface area contributed by atoms with Crippen LogP contribution in [0.4, 0.5) is 13.2 Å². The first kappa shape index (κ1) is 15.7. The summed E-state index contributed by atoms with van der Waals surface area (Å²) in [6.07, 6.45) is -4.63. The number of nitrogens with zero attached hydrogens (tertiary/aromatic N) is 1. The van der Waals surface area contributed by atoms with Gasteiger partial charge in [-0.1, -0.05) is 0 Å². The SMILES string of the molecule is CN(C)CCOCCNCCCC(F)(F)F. The van der Waals surface area contributed by atoms with Crippen LogP contribution in [0.15, 0.2) is 0 Å². The summed E-state index contributed by atoms with van der Waals surface area (Å²) in [4.78, 5) is 2.01. The molecule has 0 aromatic carbocycles. The van der Waals surface area contributed by atoms with Crippen LogP contribution in [-0.2, 0) is 4.74 Å². The topological polar surface area (TPSA) is 24.5 Å². The molecule has 98 valence electrons. The van der Waals surface area contributed by atoms with Crippen molar-refractivity contribution in [2.24, 2.45) is 0 Å². The molecule has 0 fully saturated rings. The van der Waals surface area contributed by atoms with Gasteiger partial charge in [-0.15, -0.1) is 0 Å². The fourth-order valence-corrected chi connectivity index (χ4v) is 1.03. The van der Waals surface area contributed by atoms with Crippen LogP contribution in [-0.4, -0.2) is 58.0 Å². The van der Waals surface area contributed by atoms with Crippen LogP contribution in [0, 0.1) is 0 Å². The van der Waals surface area contributed by atoms with Gasteiger partial charge in [-0.2, -0.15) is 13.2 Å². The second-order valence-electron chi connectivity index (χ2n) is 3.88. The Labute approximate surface area is 94.9 Å². The zero-order valence-corrected chi connectivity index (χ0v) is 9.94. The van der Waals surface area contributed by atoms with Crippen LogP contribution < -0.4 is 5.32 Å². The third-order valence-electron chi connectivity index (χ3n) is 1.92. The Balaban J connectivity index is 3.05. The van der Waals surface area contributed by atoms with Gasteiger partial charge in [0.25, 0.3) is 0 Å². The van der Waals surface area contributed by atoms with Crippen LogP contribution in [0.2, 0.25) is 0 Å². The van der Waals surface area contributed by atoms with Crippen molar-refractivity contribution in [3.8, 4) is 0 Å². The normalized spacial score (nSPS) is 12.4. The van der Waals surface area contributed by atoms with Crippen molar-refractivity contribution < 1.29 is 17.9 Å². The molecule has 0 heterocycles. The van der Waals surface area contributed by atoms with Crippen molar-refractivity contribution in [1.82, 2.24) is 10.2 Å². The second kappa shape index (κ2) is 8.78. The van der Waals surface area contributed by atoms with E-state index in [9.17, 15) is 13.2 Å². The highest BCUT2D eigenvalue weighted by Gasteiger charge is 2.25. The average molecular weight is 242 g/mol. The van der Waals surface area contributed by atoms with Gasteiger partial charge in [-0.05, 0) is 27.1 Å². The lowest BCUT2D eigenvalue weighted by Gasteiger charge is -2.10. The molecule has 0 aliphatic rings. The minimum absolute atomic E-state index is 0.126. The number of hydrogen-bond acceptors (Lipinski definition) is 3. The van der Waals surface area contributed by atoms with Crippen LogP contribution in [0.1, 0.15) is 12.8 Å². The molecule has 0 rings (SSSR count). The van der Waals surface area contributed by atoms with Crippen molar-refractivity contribution in [2.75, 3.05) is 46.9 Å². The van der Waals surface area contributed by atoms with Crippen LogP contribution >= 0.6 is 0 Å². The average Bonchev–Trinajstić information content (AvgIpc) is 2.13. The standard InChI is InChI=1S/C10H21F3N2O/c1-15(2)7-9-16-8-6-14-5-3-4-10(11,12)13/h14H,3-9H2,1-2H3. The third-order valence-corrected chi connectivity index (χ3v) is 1.92. The fraction of sp³-hybridized carbons (Fsp3) is 1.00. The van der Waals surface area contributed by atoms with Crippen LogP contribution in [0.3, 0.4) is 0 Å². The summed E-state index contributed by atoms with van der Waals surface area (Å²) in [5.41, 5.74) is 0. The lowest BCUT2D eigenvalue weighted by molar-refractivity contribution is -0.135. The van der Waals surface area contributed by atoms with E-state index >= 15 is 0 Å². The van der Waals surface area contributed by atoms with E-state index in [-0.39, 0.29) is 6.42 Å². The summed E-state index contributed by atoms with van der Waals surface area (Å²) >= 11 is 0. The van der Waals surface area contributed by atoms with E-state index in [1.165, 1.54) is 0 Å². The number of halogens is 3. The van der Waals surface area contributed by atoms with Gasteiger partial charge in [0.05, 0.1) is 13.2 Å². The first-order chi connectivity index (χ1) is 7.42. The fourth-order valence-electron chi connectivity index (χ4n) is 1.03. The summed E-state index contributed by atoms with van der Waals surface area (Å²) in [6.45, 7) is 3.03. The maximum atomic E-state index is 11.7. The lowest BCUT2D eigenvalue weighted by Crippen LogP contribution is -2.24. The summed E-state index contributed by atoms with van der Waals surface area (Å²) in [5.74, 6) is 0. The molecule has 0 radical (unpaired) electrons.